The van der Waals surface area contributed by atoms with Gasteiger partial charge >= 0.3 is 0 Å². The lowest BCUT2D eigenvalue weighted by Gasteiger charge is -2.08. The maximum atomic E-state index is 5.75. The Hall–Kier alpha value is -0.0800. The quantitative estimate of drug-likeness (QED) is 0.554. The van der Waals surface area contributed by atoms with Gasteiger partial charge < -0.3 is 10.5 Å². The number of hydrogen-bond donors (Lipinski definition) is 1. The molecular formula is C8H17NO. The first kappa shape index (κ1) is 8.02. The van der Waals surface area contributed by atoms with Gasteiger partial charge in [-0.1, -0.05) is 19.3 Å². The molecule has 0 aromatic heterocycles. The summed E-state index contributed by atoms with van der Waals surface area (Å²) in [6, 6.07) is 0.290. The fourth-order valence-corrected chi connectivity index (χ4v) is 1.28. The second-order valence-corrected chi connectivity index (χ2v) is 3.04. The highest BCUT2D eigenvalue weighted by Crippen LogP contribution is 2.07. The van der Waals surface area contributed by atoms with E-state index in [1.54, 1.807) is 0 Å². The number of nitrogens with two attached hydrogens (primary N) is 1. The molecule has 10 heavy (non-hydrogen) atoms. The van der Waals surface area contributed by atoms with Crippen LogP contribution in [0.2, 0.25) is 0 Å². The molecule has 2 nitrogen and oxygen atoms in total. The van der Waals surface area contributed by atoms with Crippen LogP contribution >= 0.6 is 0 Å². The molecule has 0 radical (unpaired) electrons. The molecule has 1 unspecified atom stereocenters. The van der Waals surface area contributed by atoms with E-state index in [2.05, 4.69) is 0 Å². The first-order valence-corrected chi connectivity index (χ1v) is 4.23. The topological polar surface area (TPSA) is 35.2 Å². The van der Waals surface area contributed by atoms with Crippen molar-refractivity contribution >= 4 is 0 Å². The second kappa shape index (κ2) is 4.69. The van der Waals surface area contributed by atoms with Gasteiger partial charge in [-0.2, -0.15) is 0 Å². The summed E-state index contributed by atoms with van der Waals surface area (Å²) in [5, 5.41) is 0. The minimum atomic E-state index is 0.290. The molecule has 60 valence electrons. The monoisotopic (exact) mass is 143 g/mol. The van der Waals surface area contributed by atoms with E-state index in [9.17, 15) is 0 Å². The van der Waals surface area contributed by atoms with Gasteiger partial charge in [0, 0.05) is 12.6 Å². The van der Waals surface area contributed by atoms with Crippen LogP contribution in [0, 0.1) is 0 Å². The Morgan fingerprint density at radius 1 is 1.10 bits per heavy atom. The normalized spacial score (nSPS) is 30.3. The van der Waals surface area contributed by atoms with E-state index in [1.807, 2.05) is 0 Å². The molecular weight excluding hydrogens is 126 g/mol. The van der Waals surface area contributed by atoms with E-state index in [-0.39, 0.29) is 6.04 Å². The first-order valence-electron chi connectivity index (χ1n) is 4.23. The average Bonchev–Trinajstić information content (AvgIpc) is 2.02. The van der Waals surface area contributed by atoms with Crippen molar-refractivity contribution in [2.75, 3.05) is 13.2 Å². The summed E-state index contributed by atoms with van der Waals surface area (Å²) in [4.78, 5) is 0. The van der Waals surface area contributed by atoms with Crippen molar-refractivity contribution in [3.8, 4) is 0 Å². The van der Waals surface area contributed by atoms with Crippen molar-refractivity contribution in [1.82, 2.24) is 0 Å². The van der Waals surface area contributed by atoms with Gasteiger partial charge in [-0.25, -0.2) is 0 Å². The highest BCUT2D eigenvalue weighted by Gasteiger charge is 2.04. The van der Waals surface area contributed by atoms with Crippen molar-refractivity contribution in [2.45, 2.75) is 38.1 Å². The lowest BCUT2D eigenvalue weighted by Crippen LogP contribution is -2.25. The maximum absolute atomic E-state index is 5.75. The summed E-state index contributed by atoms with van der Waals surface area (Å²) in [5.74, 6) is 0. The number of rotatable bonds is 0. The van der Waals surface area contributed by atoms with E-state index in [0.29, 0.717) is 0 Å². The summed E-state index contributed by atoms with van der Waals surface area (Å²) in [7, 11) is 0. The standard InChI is InChI=1S/C8H17NO/c9-8-5-3-1-2-4-6-10-7-8/h8H,1-7,9H2. The lowest BCUT2D eigenvalue weighted by atomic mass is 10.1. The molecule has 1 heterocycles. The van der Waals surface area contributed by atoms with Gasteiger partial charge in [0.1, 0.15) is 0 Å². The predicted molar refractivity (Wildman–Crippen MR) is 41.9 cm³/mol. The van der Waals surface area contributed by atoms with Gasteiger partial charge in [-0.3, -0.25) is 0 Å². The third kappa shape index (κ3) is 3.18. The number of ether oxygens (including phenoxy) is 1. The van der Waals surface area contributed by atoms with E-state index in [0.717, 1.165) is 19.6 Å². The van der Waals surface area contributed by atoms with Crippen LogP contribution in [0.15, 0.2) is 0 Å². The zero-order chi connectivity index (χ0) is 7.23. The molecule has 1 saturated heterocycles. The van der Waals surface area contributed by atoms with Crippen LogP contribution < -0.4 is 5.73 Å². The van der Waals surface area contributed by atoms with Gasteiger partial charge in [0.25, 0.3) is 0 Å². The zero-order valence-corrected chi connectivity index (χ0v) is 6.51. The van der Waals surface area contributed by atoms with Crippen molar-refractivity contribution in [1.29, 1.82) is 0 Å². The van der Waals surface area contributed by atoms with Crippen molar-refractivity contribution in [2.24, 2.45) is 5.73 Å². The van der Waals surface area contributed by atoms with Crippen molar-refractivity contribution in [3.63, 3.8) is 0 Å². The first-order chi connectivity index (χ1) is 4.89. The van der Waals surface area contributed by atoms with Crippen LogP contribution in [-0.4, -0.2) is 19.3 Å². The molecule has 1 fully saturated rings. The third-order valence-electron chi connectivity index (χ3n) is 1.95. The second-order valence-electron chi connectivity index (χ2n) is 3.04. The highest BCUT2D eigenvalue weighted by atomic mass is 16.5. The molecule has 2 N–H and O–H groups in total. The highest BCUT2D eigenvalue weighted by molar-refractivity contribution is 4.61. The maximum Gasteiger partial charge on any atom is 0.0617 e. The molecule has 1 aliphatic rings. The van der Waals surface area contributed by atoms with Crippen molar-refractivity contribution in [3.05, 3.63) is 0 Å². The van der Waals surface area contributed by atoms with E-state index in [1.165, 1.54) is 25.7 Å². The minimum absolute atomic E-state index is 0.290. The molecule has 1 atom stereocenters. The van der Waals surface area contributed by atoms with Crippen LogP contribution in [0.25, 0.3) is 0 Å². The van der Waals surface area contributed by atoms with Crippen LogP contribution in [0.5, 0.6) is 0 Å². The molecule has 0 amide bonds. The Morgan fingerprint density at radius 2 is 1.90 bits per heavy atom. The molecule has 0 saturated carbocycles. The van der Waals surface area contributed by atoms with Crippen molar-refractivity contribution < 1.29 is 4.74 Å². The molecule has 0 aliphatic carbocycles. The molecule has 0 aromatic rings. The van der Waals surface area contributed by atoms with Gasteiger partial charge in [0.2, 0.25) is 0 Å². The summed E-state index contributed by atoms with van der Waals surface area (Å²) >= 11 is 0. The predicted octanol–water partition coefficient (Wildman–Crippen LogP) is 1.29. The molecule has 0 bridgehead atoms. The molecule has 1 rings (SSSR count). The summed E-state index contributed by atoms with van der Waals surface area (Å²) in [6.45, 7) is 1.67. The van der Waals surface area contributed by atoms with Gasteiger partial charge in [0.15, 0.2) is 0 Å². The third-order valence-corrected chi connectivity index (χ3v) is 1.95. The molecule has 0 aromatic carbocycles. The summed E-state index contributed by atoms with van der Waals surface area (Å²) in [5.41, 5.74) is 5.75. The Labute approximate surface area is 62.7 Å². The SMILES string of the molecule is NC1CCCCCCOC1. The fraction of sp³-hybridized carbons (Fsp3) is 1.00. The Bertz CT molecular complexity index is 75.3. The molecule has 2 heteroatoms. The van der Waals surface area contributed by atoms with Gasteiger partial charge in [-0.15, -0.1) is 0 Å². The lowest BCUT2D eigenvalue weighted by molar-refractivity contribution is 0.120. The van der Waals surface area contributed by atoms with Gasteiger partial charge in [-0.05, 0) is 12.8 Å². The van der Waals surface area contributed by atoms with Crippen LogP contribution in [0.4, 0.5) is 0 Å². The smallest absolute Gasteiger partial charge is 0.0617 e. The van der Waals surface area contributed by atoms with E-state index < -0.39 is 0 Å². The minimum Gasteiger partial charge on any atom is -0.380 e. The van der Waals surface area contributed by atoms with Crippen LogP contribution in [0.1, 0.15) is 32.1 Å². The average molecular weight is 143 g/mol. The number of hydrogen-bond acceptors (Lipinski definition) is 2. The Balaban J connectivity index is 2.15. The Morgan fingerprint density at radius 3 is 2.80 bits per heavy atom. The largest absolute Gasteiger partial charge is 0.380 e. The van der Waals surface area contributed by atoms with Crippen LogP contribution in [-0.2, 0) is 4.74 Å². The molecule has 0 spiro atoms. The van der Waals surface area contributed by atoms with E-state index in [4.69, 9.17) is 10.5 Å². The zero-order valence-electron chi connectivity index (χ0n) is 6.51. The van der Waals surface area contributed by atoms with Gasteiger partial charge in [0.05, 0.1) is 6.61 Å². The summed E-state index contributed by atoms with van der Waals surface area (Å²) < 4.78 is 5.34. The Kier molecular flexibility index (Phi) is 3.76. The molecule has 1 aliphatic heterocycles. The van der Waals surface area contributed by atoms with E-state index >= 15 is 0 Å². The fourth-order valence-electron chi connectivity index (χ4n) is 1.28. The summed E-state index contributed by atoms with van der Waals surface area (Å²) in [6.07, 6.45) is 6.28. The van der Waals surface area contributed by atoms with Crippen LogP contribution in [0.3, 0.4) is 0 Å².